The lowest BCUT2D eigenvalue weighted by molar-refractivity contribution is 0.0922. The van der Waals surface area contributed by atoms with Crippen LogP contribution in [0.2, 0.25) is 0 Å². The molecule has 0 aliphatic heterocycles. The SMILES string of the molecule is Cc1cc(C(=O)NC2CCCCC2)nc(Nc2cccc(C#N)c2)n1. The average molecular weight is 335 g/mol. The zero-order chi connectivity index (χ0) is 17.6. The van der Waals surface area contributed by atoms with Crippen LogP contribution in [0.3, 0.4) is 0 Å². The number of benzene rings is 1. The third-order valence-corrected chi connectivity index (χ3v) is 4.28. The second kappa shape index (κ2) is 7.75. The van der Waals surface area contributed by atoms with Crippen molar-refractivity contribution in [2.24, 2.45) is 0 Å². The van der Waals surface area contributed by atoms with Gasteiger partial charge in [-0.3, -0.25) is 4.79 Å². The highest BCUT2D eigenvalue weighted by molar-refractivity contribution is 5.92. The van der Waals surface area contributed by atoms with Gasteiger partial charge in [-0.1, -0.05) is 25.3 Å². The number of aryl methyl sites for hydroxylation is 1. The molecule has 0 spiro atoms. The van der Waals surface area contributed by atoms with E-state index in [1.54, 1.807) is 24.3 Å². The van der Waals surface area contributed by atoms with Crippen molar-refractivity contribution in [3.8, 4) is 6.07 Å². The summed E-state index contributed by atoms with van der Waals surface area (Å²) in [6.07, 6.45) is 5.63. The third kappa shape index (κ3) is 4.54. The summed E-state index contributed by atoms with van der Waals surface area (Å²) in [4.78, 5) is 21.2. The number of carbonyl (C=O) groups is 1. The standard InChI is InChI=1S/C19H21N5O/c1-13-10-17(18(25)22-15-7-3-2-4-8-15)24-19(21-13)23-16-9-5-6-14(11-16)12-20/h5-6,9-11,15H,2-4,7-8H2,1H3,(H,22,25)(H,21,23,24). The highest BCUT2D eigenvalue weighted by Crippen LogP contribution is 2.19. The predicted octanol–water partition coefficient (Wildman–Crippen LogP) is 3.46. The van der Waals surface area contributed by atoms with Crippen LogP contribution < -0.4 is 10.6 Å². The first-order valence-electron chi connectivity index (χ1n) is 8.58. The van der Waals surface area contributed by atoms with Crippen molar-refractivity contribution >= 4 is 17.5 Å². The van der Waals surface area contributed by atoms with Crippen LogP contribution in [-0.2, 0) is 0 Å². The van der Waals surface area contributed by atoms with E-state index >= 15 is 0 Å². The second-order valence-corrected chi connectivity index (χ2v) is 6.34. The summed E-state index contributed by atoms with van der Waals surface area (Å²) in [5.41, 5.74) is 2.33. The van der Waals surface area contributed by atoms with E-state index in [4.69, 9.17) is 5.26 Å². The molecular weight excluding hydrogens is 314 g/mol. The quantitative estimate of drug-likeness (QED) is 0.893. The molecule has 25 heavy (non-hydrogen) atoms. The molecule has 0 atom stereocenters. The Morgan fingerprint density at radius 2 is 2.00 bits per heavy atom. The molecule has 1 aliphatic rings. The molecule has 3 rings (SSSR count). The fourth-order valence-electron chi connectivity index (χ4n) is 3.04. The molecule has 1 saturated carbocycles. The zero-order valence-corrected chi connectivity index (χ0v) is 14.2. The van der Waals surface area contributed by atoms with Crippen molar-refractivity contribution in [2.45, 2.75) is 45.1 Å². The van der Waals surface area contributed by atoms with E-state index < -0.39 is 0 Å². The zero-order valence-electron chi connectivity index (χ0n) is 14.2. The van der Waals surface area contributed by atoms with Gasteiger partial charge in [0.1, 0.15) is 5.69 Å². The topological polar surface area (TPSA) is 90.7 Å². The van der Waals surface area contributed by atoms with E-state index in [0.717, 1.165) is 25.7 Å². The van der Waals surface area contributed by atoms with Crippen molar-refractivity contribution < 1.29 is 4.79 Å². The molecule has 0 bridgehead atoms. The number of rotatable bonds is 4. The molecule has 0 unspecified atom stereocenters. The minimum absolute atomic E-state index is 0.161. The Labute approximate surface area is 147 Å². The van der Waals surface area contributed by atoms with E-state index in [1.165, 1.54) is 6.42 Å². The van der Waals surface area contributed by atoms with Gasteiger partial charge in [-0.25, -0.2) is 9.97 Å². The molecule has 1 heterocycles. The van der Waals surface area contributed by atoms with Gasteiger partial charge < -0.3 is 10.6 Å². The fourth-order valence-corrected chi connectivity index (χ4v) is 3.04. The Morgan fingerprint density at radius 3 is 2.76 bits per heavy atom. The molecule has 6 nitrogen and oxygen atoms in total. The normalized spacial score (nSPS) is 14.6. The molecule has 0 radical (unpaired) electrons. The first kappa shape index (κ1) is 16.9. The molecule has 1 aliphatic carbocycles. The second-order valence-electron chi connectivity index (χ2n) is 6.34. The lowest BCUT2D eigenvalue weighted by Gasteiger charge is -2.22. The van der Waals surface area contributed by atoms with Crippen molar-refractivity contribution in [3.05, 3.63) is 47.3 Å². The Kier molecular flexibility index (Phi) is 5.24. The van der Waals surface area contributed by atoms with Gasteiger partial charge in [0.2, 0.25) is 5.95 Å². The lowest BCUT2D eigenvalue weighted by Crippen LogP contribution is -2.36. The van der Waals surface area contributed by atoms with E-state index in [9.17, 15) is 4.79 Å². The summed E-state index contributed by atoms with van der Waals surface area (Å²) in [7, 11) is 0. The number of carbonyl (C=O) groups excluding carboxylic acids is 1. The van der Waals surface area contributed by atoms with Crippen molar-refractivity contribution in [3.63, 3.8) is 0 Å². The van der Waals surface area contributed by atoms with E-state index in [-0.39, 0.29) is 11.9 Å². The minimum Gasteiger partial charge on any atom is -0.348 e. The number of anilines is 2. The lowest BCUT2D eigenvalue weighted by atomic mass is 9.95. The summed E-state index contributed by atoms with van der Waals surface area (Å²) in [5.74, 6) is 0.190. The molecule has 0 saturated heterocycles. The Morgan fingerprint density at radius 1 is 1.20 bits per heavy atom. The number of amides is 1. The van der Waals surface area contributed by atoms with Gasteiger partial charge in [-0.15, -0.1) is 0 Å². The van der Waals surface area contributed by atoms with Crippen LogP contribution in [0.5, 0.6) is 0 Å². The van der Waals surface area contributed by atoms with Crippen molar-refractivity contribution in [2.75, 3.05) is 5.32 Å². The summed E-state index contributed by atoms with van der Waals surface area (Å²) in [6, 6.07) is 11.1. The Balaban J connectivity index is 1.75. The highest BCUT2D eigenvalue weighted by Gasteiger charge is 2.18. The molecule has 1 fully saturated rings. The summed E-state index contributed by atoms with van der Waals surface area (Å²) >= 11 is 0. The van der Waals surface area contributed by atoms with Gasteiger partial charge in [0, 0.05) is 17.4 Å². The average Bonchev–Trinajstić information content (AvgIpc) is 2.62. The fraction of sp³-hybridized carbons (Fsp3) is 0.368. The van der Waals surface area contributed by atoms with Gasteiger partial charge in [0.15, 0.2) is 0 Å². The van der Waals surface area contributed by atoms with E-state index in [0.29, 0.717) is 28.6 Å². The largest absolute Gasteiger partial charge is 0.348 e. The van der Waals surface area contributed by atoms with E-state index in [2.05, 4.69) is 26.7 Å². The van der Waals surface area contributed by atoms with Crippen molar-refractivity contribution in [1.29, 1.82) is 5.26 Å². The molecule has 1 aromatic carbocycles. The first-order valence-corrected chi connectivity index (χ1v) is 8.58. The van der Waals surface area contributed by atoms with Gasteiger partial charge in [-0.05, 0) is 44.0 Å². The maximum Gasteiger partial charge on any atom is 0.270 e. The van der Waals surface area contributed by atoms with Crippen LogP contribution in [0.4, 0.5) is 11.6 Å². The summed E-state index contributed by atoms with van der Waals surface area (Å²) < 4.78 is 0. The maximum absolute atomic E-state index is 12.5. The number of aromatic nitrogens is 2. The molecular formula is C19H21N5O. The van der Waals surface area contributed by atoms with Crippen LogP contribution in [0.1, 0.15) is 53.8 Å². The van der Waals surface area contributed by atoms with Crippen LogP contribution in [0.15, 0.2) is 30.3 Å². The smallest absolute Gasteiger partial charge is 0.270 e. The molecule has 1 amide bonds. The number of nitrogens with zero attached hydrogens (tertiary/aromatic N) is 3. The third-order valence-electron chi connectivity index (χ3n) is 4.28. The van der Waals surface area contributed by atoms with Crippen LogP contribution in [-0.4, -0.2) is 21.9 Å². The minimum atomic E-state index is -0.161. The predicted molar refractivity (Wildman–Crippen MR) is 95.5 cm³/mol. The maximum atomic E-state index is 12.5. The van der Waals surface area contributed by atoms with Gasteiger partial charge in [-0.2, -0.15) is 5.26 Å². The van der Waals surface area contributed by atoms with Crippen LogP contribution in [0, 0.1) is 18.3 Å². The molecule has 2 aromatic rings. The van der Waals surface area contributed by atoms with Gasteiger partial charge in [0.05, 0.1) is 11.6 Å². The van der Waals surface area contributed by atoms with Gasteiger partial charge in [0.25, 0.3) is 5.91 Å². The van der Waals surface area contributed by atoms with Crippen LogP contribution >= 0.6 is 0 Å². The first-order chi connectivity index (χ1) is 12.1. The number of hydrogen-bond acceptors (Lipinski definition) is 5. The molecule has 128 valence electrons. The van der Waals surface area contributed by atoms with Gasteiger partial charge >= 0.3 is 0 Å². The Hall–Kier alpha value is -2.94. The summed E-state index contributed by atoms with van der Waals surface area (Å²) in [6.45, 7) is 1.83. The molecule has 1 aromatic heterocycles. The highest BCUT2D eigenvalue weighted by atomic mass is 16.1. The number of nitrogens with one attached hydrogen (secondary N) is 2. The number of nitriles is 1. The van der Waals surface area contributed by atoms with Crippen molar-refractivity contribution in [1.82, 2.24) is 15.3 Å². The summed E-state index contributed by atoms with van der Waals surface area (Å²) in [5, 5.41) is 15.1. The monoisotopic (exact) mass is 335 g/mol. The number of hydrogen-bond donors (Lipinski definition) is 2. The van der Waals surface area contributed by atoms with Crippen LogP contribution in [0.25, 0.3) is 0 Å². The Bertz CT molecular complexity index is 806. The molecule has 6 heteroatoms. The van der Waals surface area contributed by atoms with E-state index in [1.807, 2.05) is 13.0 Å². The molecule has 2 N–H and O–H groups in total.